The highest BCUT2D eigenvalue weighted by Crippen LogP contribution is 2.17. The van der Waals surface area contributed by atoms with Crippen LogP contribution in [-0.2, 0) is 9.53 Å². The summed E-state index contributed by atoms with van der Waals surface area (Å²) >= 11 is 5.78. The molecule has 0 bridgehead atoms. The van der Waals surface area contributed by atoms with Crippen LogP contribution in [0.15, 0.2) is 24.3 Å². The number of halogens is 1. The molecule has 0 aliphatic rings. The van der Waals surface area contributed by atoms with E-state index in [2.05, 4.69) is 4.74 Å². The Morgan fingerprint density at radius 1 is 1.53 bits per heavy atom. The molecule has 1 aromatic carbocycles. The molecule has 0 unspecified atom stereocenters. The topological polar surface area (TPSA) is 35.5 Å². The second-order valence-corrected chi connectivity index (χ2v) is 3.63. The maximum atomic E-state index is 11.1. The molecule has 3 nitrogen and oxygen atoms in total. The predicted molar refractivity (Wildman–Crippen MR) is 58.1 cm³/mol. The zero-order valence-corrected chi connectivity index (χ0v) is 9.45. The number of esters is 1. The summed E-state index contributed by atoms with van der Waals surface area (Å²) in [5.74, 6) is 0.0873. The normalized spacial score (nSPS) is 11.9. The Balaban J connectivity index is 2.47. The molecule has 4 heteroatoms. The fraction of sp³-hybridized carbons (Fsp3) is 0.364. The van der Waals surface area contributed by atoms with E-state index in [1.165, 1.54) is 7.11 Å². The van der Waals surface area contributed by atoms with Gasteiger partial charge in [-0.1, -0.05) is 17.7 Å². The van der Waals surface area contributed by atoms with Gasteiger partial charge >= 0.3 is 5.97 Å². The molecule has 0 aliphatic heterocycles. The van der Waals surface area contributed by atoms with Crippen molar-refractivity contribution in [3.8, 4) is 5.75 Å². The van der Waals surface area contributed by atoms with Gasteiger partial charge in [0.15, 0.2) is 0 Å². The average Bonchev–Trinajstić information content (AvgIpc) is 2.25. The lowest BCUT2D eigenvalue weighted by Crippen LogP contribution is -2.19. The van der Waals surface area contributed by atoms with E-state index in [9.17, 15) is 4.79 Å². The van der Waals surface area contributed by atoms with Crippen molar-refractivity contribution in [3.05, 3.63) is 29.3 Å². The molecule has 0 saturated carbocycles. The highest BCUT2D eigenvalue weighted by atomic mass is 35.5. The lowest BCUT2D eigenvalue weighted by Gasteiger charge is -2.10. The molecule has 0 aromatic heterocycles. The molecule has 0 aliphatic carbocycles. The van der Waals surface area contributed by atoms with E-state index in [0.29, 0.717) is 10.8 Å². The molecule has 1 atom stereocenters. The summed E-state index contributed by atoms with van der Waals surface area (Å²) in [6.07, 6.45) is 0. The van der Waals surface area contributed by atoms with Crippen molar-refractivity contribution in [3.63, 3.8) is 0 Å². The van der Waals surface area contributed by atoms with Crippen LogP contribution in [0.3, 0.4) is 0 Å². The molecule has 0 saturated heterocycles. The average molecular weight is 229 g/mol. The van der Waals surface area contributed by atoms with Gasteiger partial charge in [0, 0.05) is 5.02 Å². The number of rotatable bonds is 4. The van der Waals surface area contributed by atoms with Crippen molar-refractivity contribution in [1.82, 2.24) is 0 Å². The first kappa shape index (κ1) is 11.9. The maximum absolute atomic E-state index is 11.1. The Morgan fingerprint density at radius 2 is 2.27 bits per heavy atom. The molecule has 0 radical (unpaired) electrons. The lowest BCUT2D eigenvalue weighted by atomic mass is 10.2. The Labute approximate surface area is 93.9 Å². The van der Waals surface area contributed by atoms with Gasteiger partial charge < -0.3 is 9.47 Å². The van der Waals surface area contributed by atoms with E-state index in [1.807, 2.05) is 0 Å². The molecule has 0 fully saturated rings. The highest BCUT2D eigenvalue weighted by molar-refractivity contribution is 6.30. The van der Waals surface area contributed by atoms with Crippen LogP contribution in [0.25, 0.3) is 0 Å². The van der Waals surface area contributed by atoms with Gasteiger partial charge in [0.05, 0.1) is 13.0 Å². The number of carbonyl (C=O) groups is 1. The quantitative estimate of drug-likeness (QED) is 0.743. The number of benzene rings is 1. The highest BCUT2D eigenvalue weighted by Gasteiger charge is 2.13. The van der Waals surface area contributed by atoms with Gasteiger partial charge in [-0.05, 0) is 25.1 Å². The molecule has 0 N–H and O–H groups in total. The van der Waals surface area contributed by atoms with Crippen molar-refractivity contribution < 1.29 is 14.3 Å². The standard InChI is InChI=1S/C11H13ClO3/c1-8(11(13)14-2)7-15-10-5-3-4-9(12)6-10/h3-6,8H,7H2,1-2H3/t8-/m1/s1. The second kappa shape index (κ2) is 5.61. The van der Waals surface area contributed by atoms with Gasteiger partial charge in [0.25, 0.3) is 0 Å². The lowest BCUT2D eigenvalue weighted by molar-refractivity contribution is -0.145. The zero-order chi connectivity index (χ0) is 11.3. The van der Waals surface area contributed by atoms with E-state index in [1.54, 1.807) is 31.2 Å². The second-order valence-electron chi connectivity index (χ2n) is 3.19. The van der Waals surface area contributed by atoms with Crippen LogP contribution in [0.2, 0.25) is 5.02 Å². The third-order valence-corrected chi connectivity index (χ3v) is 2.13. The molecule has 0 heterocycles. The van der Waals surface area contributed by atoms with Gasteiger partial charge in [-0.25, -0.2) is 0 Å². The number of hydrogen-bond donors (Lipinski definition) is 0. The largest absolute Gasteiger partial charge is 0.493 e. The summed E-state index contributed by atoms with van der Waals surface area (Å²) in [7, 11) is 1.36. The first-order chi connectivity index (χ1) is 7.13. The molecule has 0 amide bonds. The maximum Gasteiger partial charge on any atom is 0.311 e. The Hall–Kier alpha value is -1.22. The first-order valence-electron chi connectivity index (χ1n) is 4.59. The fourth-order valence-electron chi connectivity index (χ4n) is 1.05. The fourth-order valence-corrected chi connectivity index (χ4v) is 1.23. The van der Waals surface area contributed by atoms with Gasteiger partial charge in [-0.2, -0.15) is 0 Å². The first-order valence-corrected chi connectivity index (χ1v) is 4.97. The number of ether oxygens (including phenoxy) is 2. The van der Waals surface area contributed by atoms with Crippen LogP contribution in [0.4, 0.5) is 0 Å². The molecule has 0 spiro atoms. The van der Waals surface area contributed by atoms with E-state index in [4.69, 9.17) is 16.3 Å². The monoisotopic (exact) mass is 228 g/mol. The SMILES string of the molecule is COC(=O)[C@H](C)COc1cccc(Cl)c1. The van der Waals surface area contributed by atoms with Gasteiger partial charge in [0.1, 0.15) is 12.4 Å². The molecule has 82 valence electrons. The number of carbonyl (C=O) groups excluding carboxylic acids is 1. The molecular formula is C11H13ClO3. The Kier molecular flexibility index (Phi) is 4.43. The van der Waals surface area contributed by atoms with E-state index in [0.717, 1.165) is 0 Å². The molecule has 1 aromatic rings. The predicted octanol–water partition coefficient (Wildman–Crippen LogP) is 2.53. The van der Waals surface area contributed by atoms with Crippen LogP contribution in [0.5, 0.6) is 5.75 Å². The van der Waals surface area contributed by atoms with Crippen molar-refractivity contribution in [2.75, 3.05) is 13.7 Å². The smallest absolute Gasteiger partial charge is 0.311 e. The van der Waals surface area contributed by atoms with Crippen LogP contribution in [0.1, 0.15) is 6.92 Å². The van der Waals surface area contributed by atoms with Gasteiger partial charge in [-0.15, -0.1) is 0 Å². The summed E-state index contributed by atoms with van der Waals surface area (Å²) in [4.78, 5) is 11.1. The Morgan fingerprint density at radius 3 is 2.87 bits per heavy atom. The summed E-state index contributed by atoms with van der Waals surface area (Å²) < 4.78 is 9.97. The summed E-state index contributed by atoms with van der Waals surface area (Å²) in [6.45, 7) is 2.03. The minimum Gasteiger partial charge on any atom is -0.493 e. The minimum absolute atomic E-state index is 0.281. The molecular weight excluding hydrogens is 216 g/mol. The molecule has 15 heavy (non-hydrogen) atoms. The Bertz CT molecular complexity index is 338. The molecule has 1 rings (SSSR count). The van der Waals surface area contributed by atoms with Crippen LogP contribution >= 0.6 is 11.6 Å². The third-order valence-electron chi connectivity index (χ3n) is 1.90. The van der Waals surface area contributed by atoms with Crippen molar-refractivity contribution >= 4 is 17.6 Å². The third kappa shape index (κ3) is 3.80. The summed E-state index contributed by atoms with van der Waals surface area (Å²) in [6, 6.07) is 7.04. The summed E-state index contributed by atoms with van der Waals surface area (Å²) in [5, 5.41) is 0.609. The van der Waals surface area contributed by atoms with Crippen LogP contribution in [-0.4, -0.2) is 19.7 Å². The van der Waals surface area contributed by atoms with Crippen LogP contribution in [0, 0.1) is 5.92 Å². The van der Waals surface area contributed by atoms with Crippen LogP contribution < -0.4 is 4.74 Å². The van der Waals surface area contributed by atoms with E-state index < -0.39 is 0 Å². The number of methoxy groups -OCH3 is 1. The van der Waals surface area contributed by atoms with E-state index >= 15 is 0 Å². The van der Waals surface area contributed by atoms with Crippen molar-refractivity contribution in [1.29, 1.82) is 0 Å². The summed E-state index contributed by atoms with van der Waals surface area (Å²) in [5.41, 5.74) is 0. The van der Waals surface area contributed by atoms with Gasteiger partial charge in [0.2, 0.25) is 0 Å². The number of hydrogen-bond acceptors (Lipinski definition) is 3. The van der Waals surface area contributed by atoms with Crippen molar-refractivity contribution in [2.24, 2.45) is 5.92 Å². The van der Waals surface area contributed by atoms with Gasteiger partial charge in [-0.3, -0.25) is 4.79 Å². The minimum atomic E-state index is -0.283. The van der Waals surface area contributed by atoms with E-state index in [-0.39, 0.29) is 18.5 Å². The zero-order valence-electron chi connectivity index (χ0n) is 8.70. The van der Waals surface area contributed by atoms with Crippen molar-refractivity contribution in [2.45, 2.75) is 6.92 Å².